The average Bonchev–Trinajstić information content (AvgIpc) is 3.61. The zero-order valence-corrected chi connectivity index (χ0v) is 24.2. The number of fused-ring (bicyclic) bond motifs is 1. The second kappa shape index (κ2) is 10.8. The van der Waals surface area contributed by atoms with Crippen molar-refractivity contribution < 1.29 is 14.2 Å². The van der Waals surface area contributed by atoms with Gasteiger partial charge in [0.05, 0.1) is 24.4 Å². The van der Waals surface area contributed by atoms with E-state index in [1.54, 1.807) is 42.5 Å². The smallest absolute Gasteiger partial charge is 0.333 e. The van der Waals surface area contributed by atoms with Crippen LogP contribution in [-0.4, -0.2) is 39.4 Å². The van der Waals surface area contributed by atoms with Crippen LogP contribution in [0.4, 0.5) is 4.39 Å². The molecule has 11 nitrogen and oxygen atoms in total. The number of ether oxygens (including phenoxy) is 1. The highest BCUT2D eigenvalue weighted by atomic mass is 19.1. The highest BCUT2D eigenvalue weighted by Crippen LogP contribution is 2.31. The molecule has 1 aliphatic rings. The van der Waals surface area contributed by atoms with Crippen LogP contribution in [0.25, 0.3) is 16.9 Å². The van der Waals surface area contributed by atoms with Gasteiger partial charge < -0.3 is 19.8 Å². The number of halogens is 1. The highest BCUT2D eigenvalue weighted by molar-refractivity contribution is 5.70. The standard InChI is InChI=1S/C31H33FN6O5/c1-31(2,3)43-17-23-27(39)38(29(41)33-23)21-12-10-18(11-13-21)14-24-34-25-26(35-24)36(15-19-8-9-19)30(42)37(28(25)40)16-20-6-4-5-7-22(20)32/h4-7,10-13,19,39H,8-9,14-17H2,1-3H3,(H,33,41)(H,34,35). The molecule has 5 aromatic rings. The van der Waals surface area contributed by atoms with Crippen molar-refractivity contribution in [1.82, 2.24) is 28.7 Å². The predicted molar refractivity (Wildman–Crippen MR) is 158 cm³/mol. The van der Waals surface area contributed by atoms with Gasteiger partial charge in [-0.3, -0.25) is 13.9 Å². The van der Waals surface area contributed by atoms with E-state index >= 15 is 0 Å². The maximum atomic E-state index is 14.4. The molecule has 0 radical (unpaired) electrons. The van der Waals surface area contributed by atoms with E-state index in [0.29, 0.717) is 30.4 Å². The second-order valence-corrected chi connectivity index (χ2v) is 12.0. The number of aromatic nitrogens is 6. The number of H-pyrrole nitrogens is 2. The molecular weight excluding hydrogens is 555 g/mol. The number of hydrogen-bond acceptors (Lipinski definition) is 6. The first-order chi connectivity index (χ1) is 20.5. The zero-order chi connectivity index (χ0) is 30.5. The molecule has 224 valence electrons. The predicted octanol–water partition coefficient (Wildman–Crippen LogP) is 3.57. The summed E-state index contributed by atoms with van der Waals surface area (Å²) in [5.41, 5.74) is 0.289. The van der Waals surface area contributed by atoms with Gasteiger partial charge in [-0.1, -0.05) is 30.3 Å². The fraction of sp³-hybridized carbons (Fsp3) is 0.355. The molecule has 3 heterocycles. The first kappa shape index (κ1) is 28.4. The van der Waals surface area contributed by atoms with Crippen molar-refractivity contribution in [2.45, 2.75) is 65.3 Å². The van der Waals surface area contributed by atoms with Crippen molar-refractivity contribution in [1.29, 1.82) is 0 Å². The summed E-state index contributed by atoms with van der Waals surface area (Å²) >= 11 is 0. The summed E-state index contributed by atoms with van der Waals surface area (Å²) in [5, 5.41) is 10.7. The highest BCUT2D eigenvalue weighted by Gasteiger charge is 2.26. The van der Waals surface area contributed by atoms with E-state index in [0.717, 1.165) is 23.0 Å². The number of aromatic amines is 2. The molecule has 0 amide bonds. The van der Waals surface area contributed by atoms with Crippen LogP contribution < -0.4 is 16.9 Å². The van der Waals surface area contributed by atoms with Crippen LogP contribution in [0.3, 0.4) is 0 Å². The molecule has 3 N–H and O–H groups in total. The molecule has 1 fully saturated rings. The van der Waals surface area contributed by atoms with Gasteiger partial charge in [-0.15, -0.1) is 0 Å². The average molecular weight is 589 g/mol. The van der Waals surface area contributed by atoms with E-state index in [1.165, 1.54) is 15.2 Å². The van der Waals surface area contributed by atoms with Gasteiger partial charge in [-0.25, -0.2) is 23.5 Å². The van der Waals surface area contributed by atoms with Crippen LogP contribution in [-0.2, 0) is 30.9 Å². The molecule has 1 aliphatic carbocycles. The van der Waals surface area contributed by atoms with Crippen LogP contribution in [0, 0.1) is 11.7 Å². The number of rotatable bonds is 9. The molecule has 3 aromatic heterocycles. The van der Waals surface area contributed by atoms with Crippen LogP contribution >= 0.6 is 0 Å². The Kier molecular flexibility index (Phi) is 7.17. The van der Waals surface area contributed by atoms with E-state index in [-0.39, 0.29) is 41.5 Å². The molecule has 0 saturated heterocycles. The fourth-order valence-electron chi connectivity index (χ4n) is 5.01. The van der Waals surface area contributed by atoms with E-state index in [2.05, 4.69) is 15.0 Å². The van der Waals surface area contributed by atoms with Gasteiger partial charge in [0.2, 0.25) is 5.88 Å². The summed E-state index contributed by atoms with van der Waals surface area (Å²) in [6.07, 6.45) is 2.31. The SMILES string of the molecule is CC(C)(C)OCc1[nH]c(=O)n(-c2ccc(Cc3nc4c([nH]3)c(=O)n(Cc3ccccc3F)c(=O)n4CC3CC3)cc2)c1O. The topological polar surface area (TPSA) is 140 Å². The number of benzene rings is 2. The van der Waals surface area contributed by atoms with Gasteiger partial charge in [-0.2, -0.15) is 0 Å². The lowest BCUT2D eigenvalue weighted by Crippen LogP contribution is -2.40. The Hall–Kier alpha value is -4.71. The lowest BCUT2D eigenvalue weighted by molar-refractivity contribution is -0.0171. The van der Waals surface area contributed by atoms with Gasteiger partial charge in [-0.05, 0) is 63.3 Å². The molecule has 6 rings (SSSR count). The lowest BCUT2D eigenvalue weighted by Gasteiger charge is -2.18. The molecule has 2 aromatic carbocycles. The monoisotopic (exact) mass is 588 g/mol. The largest absolute Gasteiger partial charge is 0.493 e. The molecule has 0 atom stereocenters. The molecule has 0 aliphatic heterocycles. The van der Waals surface area contributed by atoms with Crippen molar-refractivity contribution in [3.8, 4) is 11.6 Å². The van der Waals surface area contributed by atoms with Crippen molar-refractivity contribution in [2.24, 2.45) is 5.92 Å². The third-order valence-electron chi connectivity index (χ3n) is 7.49. The lowest BCUT2D eigenvalue weighted by atomic mass is 10.1. The Morgan fingerprint density at radius 3 is 2.42 bits per heavy atom. The third-order valence-corrected chi connectivity index (χ3v) is 7.49. The van der Waals surface area contributed by atoms with Crippen molar-refractivity contribution in [2.75, 3.05) is 0 Å². The van der Waals surface area contributed by atoms with Crippen LogP contribution in [0.1, 0.15) is 56.3 Å². The molecule has 0 spiro atoms. The quantitative estimate of drug-likeness (QED) is 0.241. The van der Waals surface area contributed by atoms with Gasteiger partial charge in [0.15, 0.2) is 5.65 Å². The minimum Gasteiger partial charge on any atom is -0.493 e. The number of imidazole rings is 2. The maximum absolute atomic E-state index is 14.4. The van der Waals surface area contributed by atoms with E-state index in [9.17, 15) is 23.9 Å². The minimum absolute atomic E-state index is 0.0511. The minimum atomic E-state index is -0.557. The summed E-state index contributed by atoms with van der Waals surface area (Å²) < 4.78 is 23.8. The molecule has 0 unspecified atom stereocenters. The summed E-state index contributed by atoms with van der Waals surface area (Å²) in [5.74, 6) is 0.109. The molecule has 0 bridgehead atoms. The normalized spacial score (nSPS) is 13.7. The molecule has 12 heteroatoms. The van der Waals surface area contributed by atoms with Gasteiger partial charge in [0.25, 0.3) is 5.56 Å². The van der Waals surface area contributed by atoms with Crippen molar-refractivity contribution in [3.05, 3.63) is 108 Å². The Bertz CT molecular complexity index is 1990. The number of nitrogens with one attached hydrogen (secondary N) is 2. The van der Waals surface area contributed by atoms with Crippen molar-refractivity contribution >= 4 is 11.2 Å². The van der Waals surface area contributed by atoms with Crippen molar-refractivity contribution in [3.63, 3.8) is 0 Å². The van der Waals surface area contributed by atoms with Gasteiger partial charge in [0, 0.05) is 18.5 Å². The van der Waals surface area contributed by atoms with E-state index in [1.807, 2.05) is 20.8 Å². The molecule has 43 heavy (non-hydrogen) atoms. The number of aromatic hydroxyl groups is 1. The number of nitrogens with zero attached hydrogens (tertiary/aromatic N) is 4. The summed E-state index contributed by atoms with van der Waals surface area (Å²) in [6, 6.07) is 13.1. The Morgan fingerprint density at radius 1 is 1.02 bits per heavy atom. The van der Waals surface area contributed by atoms with Crippen LogP contribution in [0.2, 0.25) is 0 Å². The Labute approximate surface area is 245 Å². The first-order valence-electron chi connectivity index (χ1n) is 14.2. The maximum Gasteiger partial charge on any atom is 0.333 e. The van der Waals surface area contributed by atoms with Gasteiger partial charge in [0.1, 0.15) is 22.9 Å². The van der Waals surface area contributed by atoms with E-state index in [4.69, 9.17) is 4.74 Å². The third kappa shape index (κ3) is 5.82. The second-order valence-electron chi connectivity index (χ2n) is 12.0. The van der Waals surface area contributed by atoms with E-state index < -0.39 is 28.4 Å². The van der Waals surface area contributed by atoms with Crippen LogP contribution in [0.5, 0.6) is 5.88 Å². The first-order valence-corrected chi connectivity index (χ1v) is 14.2. The number of hydrogen-bond donors (Lipinski definition) is 3. The molecular formula is C31H33FN6O5. The zero-order valence-electron chi connectivity index (χ0n) is 24.2. The summed E-state index contributed by atoms with van der Waals surface area (Å²) in [6.45, 7) is 5.95. The summed E-state index contributed by atoms with van der Waals surface area (Å²) in [4.78, 5) is 49.9. The summed E-state index contributed by atoms with van der Waals surface area (Å²) in [7, 11) is 0. The Balaban J connectivity index is 1.30. The van der Waals surface area contributed by atoms with Crippen LogP contribution in [0.15, 0.2) is 62.9 Å². The van der Waals surface area contributed by atoms with Gasteiger partial charge >= 0.3 is 11.4 Å². The fourth-order valence-corrected chi connectivity index (χ4v) is 5.01. The molecule has 1 saturated carbocycles. The Morgan fingerprint density at radius 2 is 1.74 bits per heavy atom.